The van der Waals surface area contributed by atoms with E-state index in [0.717, 1.165) is 19.4 Å². The van der Waals surface area contributed by atoms with Crippen molar-refractivity contribution < 1.29 is 9.47 Å². The highest BCUT2D eigenvalue weighted by Crippen LogP contribution is 2.31. The van der Waals surface area contributed by atoms with Crippen LogP contribution in [0.4, 0.5) is 0 Å². The highest BCUT2D eigenvalue weighted by Gasteiger charge is 2.28. The molecule has 0 spiro atoms. The van der Waals surface area contributed by atoms with Crippen molar-refractivity contribution in [2.24, 2.45) is 5.92 Å². The van der Waals surface area contributed by atoms with Gasteiger partial charge in [-0.2, -0.15) is 0 Å². The van der Waals surface area contributed by atoms with Crippen LogP contribution in [-0.4, -0.2) is 33.0 Å². The number of hydrogen-bond donors (Lipinski definition) is 1. The van der Waals surface area contributed by atoms with Crippen molar-refractivity contribution in [2.75, 3.05) is 26.9 Å². The Morgan fingerprint density at radius 2 is 2.05 bits per heavy atom. The number of ether oxygens (including phenoxy) is 2. The quantitative estimate of drug-likeness (QED) is 0.777. The maximum absolute atomic E-state index is 6.04. The third-order valence-corrected chi connectivity index (χ3v) is 3.78. The summed E-state index contributed by atoms with van der Waals surface area (Å²) in [5.74, 6) is 0.585. The van der Waals surface area contributed by atoms with Crippen molar-refractivity contribution in [1.29, 1.82) is 0 Å². The Morgan fingerprint density at radius 1 is 1.25 bits per heavy atom. The van der Waals surface area contributed by atoms with Crippen molar-refractivity contribution in [3.8, 4) is 0 Å². The van der Waals surface area contributed by atoms with Gasteiger partial charge in [-0.05, 0) is 36.9 Å². The van der Waals surface area contributed by atoms with Crippen LogP contribution in [0, 0.1) is 5.92 Å². The lowest BCUT2D eigenvalue weighted by molar-refractivity contribution is -0.0214. The van der Waals surface area contributed by atoms with E-state index in [1.807, 2.05) is 7.05 Å². The molecule has 0 heterocycles. The Labute approximate surface area is 122 Å². The first-order valence-corrected chi connectivity index (χ1v) is 7.66. The van der Waals surface area contributed by atoms with Crippen LogP contribution < -0.4 is 5.32 Å². The summed E-state index contributed by atoms with van der Waals surface area (Å²) in [6.07, 6.45) is 2.43. The molecule has 112 valence electrons. The topological polar surface area (TPSA) is 30.5 Å². The number of likely N-dealkylation sites (N-methyl/N-ethyl adjacent to an activating group) is 1. The molecule has 0 fully saturated rings. The molecular weight excluding hydrogens is 250 g/mol. The average Bonchev–Trinajstić information content (AvgIpc) is 2.46. The number of fused-ring (bicyclic) bond motifs is 1. The molecule has 0 saturated carbocycles. The minimum atomic E-state index is 0.248. The van der Waals surface area contributed by atoms with E-state index in [4.69, 9.17) is 9.47 Å². The van der Waals surface area contributed by atoms with Gasteiger partial charge >= 0.3 is 0 Å². The first-order valence-electron chi connectivity index (χ1n) is 7.66. The molecule has 2 rings (SSSR count). The predicted octanol–water partition coefficient (Wildman–Crippen LogP) is 2.95. The van der Waals surface area contributed by atoms with Crippen LogP contribution in [0.1, 0.15) is 37.4 Å². The van der Waals surface area contributed by atoms with E-state index >= 15 is 0 Å². The summed E-state index contributed by atoms with van der Waals surface area (Å²) in [5.41, 5.74) is 2.83. The fourth-order valence-electron chi connectivity index (χ4n) is 2.83. The third-order valence-electron chi connectivity index (χ3n) is 3.78. The van der Waals surface area contributed by atoms with Crippen LogP contribution in [0.25, 0.3) is 0 Å². The van der Waals surface area contributed by atoms with Crippen molar-refractivity contribution >= 4 is 0 Å². The molecule has 1 aromatic carbocycles. The molecule has 20 heavy (non-hydrogen) atoms. The second kappa shape index (κ2) is 7.77. The molecule has 3 nitrogen and oxygen atoms in total. The monoisotopic (exact) mass is 277 g/mol. The fraction of sp³-hybridized carbons (Fsp3) is 0.647. The zero-order valence-corrected chi connectivity index (χ0v) is 12.9. The summed E-state index contributed by atoms with van der Waals surface area (Å²) in [6.45, 7) is 6.50. The van der Waals surface area contributed by atoms with E-state index in [0.29, 0.717) is 25.2 Å². The SMILES string of the molecule is CNC1c2ccccc2CCC1OCCOCC(C)C. The van der Waals surface area contributed by atoms with Crippen LogP contribution >= 0.6 is 0 Å². The van der Waals surface area contributed by atoms with E-state index in [2.05, 4.69) is 43.4 Å². The first kappa shape index (κ1) is 15.5. The van der Waals surface area contributed by atoms with Crippen LogP contribution in [-0.2, 0) is 15.9 Å². The van der Waals surface area contributed by atoms with E-state index < -0.39 is 0 Å². The molecular formula is C17H27NO2. The maximum Gasteiger partial charge on any atom is 0.0774 e. The van der Waals surface area contributed by atoms with Gasteiger partial charge in [0.1, 0.15) is 0 Å². The second-order valence-electron chi connectivity index (χ2n) is 5.88. The number of aryl methyl sites for hydroxylation is 1. The Balaban J connectivity index is 1.84. The fourth-order valence-corrected chi connectivity index (χ4v) is 2.83. The van der Waals surface area contributed by atoms with Gasteiger partial charge in [0.15, 0.2) is 0 Å². The summed E-state index contributed by atoms with van der Waals surface area (Å²) in [6, 6.07) is 8.96. The van der Waals surface area contributed by atoms with Gasteiger partial charge in [0.05, 0.1) is 25.4 Å². The van der Waals surface area contributed by atoms with Crippen LogP contribution in [0.5, 0.6) is 0 Å². The zero-order valence-electron chi connectivity index (χ0n) is 12.9. The van der Waals surface area contributed by atoms with Gasteiger partial charge in [0.25, 0.3) is 0 Å². The summed E-state index contributed by atoms with van der Waals surface area (Å²) < 4.78 is 11.6. The molecule has 0 saturated heterocycles. The molecule has 1 aromatic rings. The summed E-state index contributed by atoms with van der Waals surface area (Å²) in [7, 11) is 2.01. The molecule has 2 unspecified atom stereocenters. The molecule has 0 aromatic heterocycles. The number of rotatable bonds is 7. The maximum atomic E-state index is 6.04. The van der Waals surface area contributed by atoms with Gasteiger partial charge in [-0.3, -0.25) is 0 Å². The summed E-state index contributed by atoms with van der Waals surface area (Å²) >= 11 is 0. The molecule has 0 aliphatic heterocycles. The minimum Gasteiger partial charge on any atom is -0.379 e. The molecule has 1 aliphatic rings. The summed E-state index contributed by atoms with van der Waals surface area (Å²) in [5, 5.41) is 3.40. The van der Waals surface area contributed by atoms with Crippen LogP contribution in [0.15, 0.2) is 24.3 Å². The molecule has 0 amide bonds. The number of nitrogens with one attached hydrogen (secondary N) is 1. The van der Waals surface area contributed by atoms with E-state index in [9.17, 15) is 0 Å². The highest BCUT2D eigenvalue weighted by molar-refractivity contribution is 5.33. The molecule has 2 atom stereocenters. The standard InChI is InChI=1S/C17H27NO2/c1-13(2)12-19-10-11-20-16-9-8-14-6-4-5-7-15(14)17(16)18-3/h4-7,13,16-18H,8-12H2,1-3H3. The van der Waals surface area contributed by atoms with Gasteiger partial charge < -0.3 is 14.8 Å². The van der Waals surface area contributed by atoms with Crippen molar-refractivity contribution in [3.05, 3.63) is 35.4 Å². The van der Waals surface area contributed by atoms with Gasteiger partial charge in [-0.25, -0.2) is 0 Å². The van der Waals surface area contributed by atoms with Gasteiger partial charge in [0, 0.05) is 6.61 Å². The van der Waals surface area contributed by atoms with E-state index in [-0.39, 0.29) is 6.10 Å². The molecule has 0 bridgehead atoms. The van der Waals surface area contributed by atoms with Gasteiger partial charge in [-0.1, -0.05) is 38.1 Å². The predicted molar refractivity (Wildman–Crippen MR) is 82.0 cm³/mol. The smallest absolute Gasteiger partial charge is 0.0774 e. The Bertz CT molecular complexity index is 406. The van der Waals surface area contributed by atoms with Gasteiger partial charge in [-0.15, -0.1) is 0 Å². The van der Waals surface area contributed by atoms with Crippen LogP contribution in [0.3, 0.4) is 0 Å². The number of hydrogen-bond acceptors (Lipinski definition) is 3. The largest absolute Gasteiger partial charge is 0.379 e. The Kier molecular flexibility index (Phi) is 6.02. The molecule has 0 radical (unpaired) electrons. The molecule has 1 N–H and O–H groups in total. The normalized spacial score (nSPS) is 22.0. The Morgan fingerprint density at radius 3 is 2.80 bits per heavy atom. The van der Waals surface area contributed by atoms with Crippen LogP contribution in [0.2, 0.25) is 0 Å². The lowest BCUT2D eigenvalue weighted by atomic mass is 9.85. The lowest BCUT2D eigenvalue weighted by Gasteiger charge is -2.33. The van der Waals surface area contributed by atoms with E-state index in [1.165, 1.54) is 11.1 Å². The first-order chi connectivity index (χ1) is 9.72. The summed E-state index contributed by atoms with van der Waals surface area (Å²) in [4.78, 5) is 0. The minimum absolute atomic E-state index is 0.248. The van der Waals surface area contributed by atoms with Crippen molar-refractivity contribution in [2.45, 2.75) is 38.8 Å². The zero-order chi connectivity index (χ0) is 14.4. The van der Waals surface area contributed by atoms with Crippen molar-refractivity contribution in [3.63, 3.8) is 0 Å². The van der Waals surface area contributed by atoms with E-state index in [1.54, 1.807) is 0 Å². The third kappa shape index (κ3) is 4.05. The van der Waals surface area contributed by atoms with Gasteiger partial charge in [0.2, 0.25) is 0 Å². The molecule has 1 aliphatic carbocycles. The highest BCUT2D eigenvalue weighted by atomic mass is 16.5. The Hall–Kier alpha value is -0.900. The van der Waals surface area contributed by atoms with Crippen molar-refractivity contribution in [1.82, 2.24) is 5.32 Å². The molecule has 3 heteroatoms. The average molecular weight is 277 g/mol. The number of benzene rings is 1. The second-order valence-corrected chi connectivity index (χ2v) is 5.88. The lowest BCUT2D eigenvalue weighted by Crippen LogP contribution is -2.36.